The fourth-order valence-electron chi connectivity index (χ4n) is 1.22. The van der Waals surface area contributed by atoms with Crippen LogP contribution in [-0.4, -0.2) is 23.3 Å². The Hall–Kier alpha value is -2.17. The van der Waals surface area contributed by atoms with E-state index in [0.29, 0.717) is 18.0 Å². The molecule has 0 bridgehead atoms. The number of carbonyl (C=O) groups is 1. The van der Waals surface area contributed by atoms with Gasteiger partial charge in [0.25, 0.3) is 0 Å². The molecule has 1 aromatic heterocycles. The highest BCUT2D eigenvalue weighted by molar-refractivity contribution is 6.19. The predicted octanol–water partition coefficient (Wildman–Crippen LogP) is 1.58. The number of hydrogen-bond acceptors (Lipinski definition) is 5. The Morgan fingerprint density at radius 1 is 1.65 bits per heavy atom. The largest absolute Gasteiger partial charge is 0.462 e. The van der Waals surface area contributed by atoms with Crippen molar-refractivity contribution in [2.24, 2.45) is 10.7 Å². The Morgan fingerprint density at radius 2 is 2.41 bits per heavy atom. The van der Waals surface area contributed by atoms with Gasteiger partial charge >= 0.3 is 5.97 Å². The van der Waals surface area contributed by atoms with Crippen LogP contribution in [0.15, 0.2) is 41.3 Å². The molecule has 0 spiro atoms. The summed E-state index contributed by atoms with van der Waals surface area (Å²) in [7, 11) is 0. The van der Waals surface area contributed by atoms with Crippen molar-refractivity contribution in [1.82, 2.24) is 4.98 Å². The minimum Gasteiger partial charge on any atom is -0.462 e. The zero-order valence-electron chi connectivity index (χ0n) is 9.88. The van der Waals surface area contributed by atoms with Gasteiger partial charge in [-0.2, -0.15) is 0 Å². The number of aromatic nitrogens is 1. The number of nitrogens with zero attached hydrogens (tertiary/aromatic N) is 2. The summed E-state index contributed by atoms with van der Waals surface area (Å²) in [5.74, 6) is -0.472. The van der Waals surface area contributed by atoms with E-state index in [9.17, 15) is 4.79 Å². The normalized spacial score (nSPS) is 12.4. The van der Waals surface area contributed by atoms with Crippen molar-refractivity contribution in [1.29, 1.82) is 0 Å². The van der Waals surface area contributed by atoms with Crippen LogP contribution in [0.1, 0.15) is 13.8 Å². The van der Waals surface area contributed by atoms with Crippen molar-refractivity contribution in [2.75, 3.05) is 6.61 Å². The number of carbonyl (C=O) groups excluding carboxylic acids is 1. The summed E-state index contributed by atoms with van der Waals surface area (Å²) in [4.78, 5) is 19.7. The number of pyridine rings is 1. The molecular weight excluding hydrogens is 218 g/mol. The maximum absolute atomic E-state index is 11.5. The van der Waals surface area contributed by atoms with Crippen molar-refractivity contribution in [2.45, 2.75) is 13.8 Å². The smallest absolute Gasteiger partial charge is 0.341 e. The third-order valence-electron chi connectivity index (χ3n) is 1.99. The highest BCUT2D eigenvalue weighted by Gasteiger charge is 2.13. The molecule has 0 aliphatic heterocycles. The van der Waals surface area contributed by atoms with Gasteiger partial charge in [-0.05, 0) is 26.0 Å². The first kappa shape index (κ1) is 12.9. The van der Waals surface area contributed by atoms with Crippen molar-refractivity contribution >= 4 is 17.4 Å². The summed E-state index contributed by atoms with van der Waals surface area (Å²) in [5, 5.41) is 0. The number of rotatable bonds is 4. The first-order chi connectivity index (χ1) is 8.19. The van der Waals surface area contributed by atoms with Crippen LogP contribution in [0.5, 0.6) is 0 Å². The molecule has 0 saturated carbocycles. The number of esters is 1. The Labute approximate surface area is 100 Å². The molecule has 0 fully saturated rings. The second-order valence-corrected chi connectivity index (χ2v) is 3.21. The van der Waals surface area contributed by atoms with Crippen LogP contribution >= 0.6 is 0 Å². The Balaban J connectivity index is 2.91. The summed E-state index contributed by atoms with van der Waals surface area (Å²) in [6, 6.07) is 3.55. The molecule has 0 atom stereocenters. The van der Waals surface area contributed by atoms with Crippen molar-refractivity contribution in [3.05, 3.63) is 36.3 Å². The maximum Gasteiger partial charge on any atom is 0.341 e. The molecule has 1 heterocycles. The molecule has 0 aliphatic rings. The van der Waals surface area contributed by atoms with Crippen LogP contribution in [-0.2, 0) is 9.53 Å². The van der Waals surface area contributed by atoms with E-state index in [1.165, 1.54) is 6.20 Å². The van der Waals surface area contributed by atoms with Crippen molar-refractivity contribution < 1.29 is 9.53 Å². The van der Waals surface area contributed by atoms with Crippen LogP contribution < -0.4 is 5.73 Å². The van der Waals surface area contributed by atoms with E-state index in [2.05, 4.69) is 9.98 Å². The molecule has 17 heavy (non-hydrogen) atoms. The van der Waals surface area contributed by atoms with Crippen LogP contribution in [0.25, 0.3) is 0 Å². The molecule has 0 radical (unpaired) electrons. The Kier molecular flexibility index (Phi) is 4.87. The summed E-state index contributed by atoms with van der Waals surface area (Å²) in [6.07, 6.45) is 4.45. The van der Waals surface area contributed by atoms with Gasteiger partial charge in [0.2, 0.25) is 0 Å². The molecular formula is C12H15N3O2. The molecule has 1 rings (SSSR count). The average molecular weight is 233 g/mol. The van der Waals surface area contributed by atoms with Gasteiger partial charge in [0.05, 0.1) is 29.8 Å². The van der Waals surface area contributed by atoms with E-state index >= 15 is 0 Å². The molecule has 1 aromatic rings. The number of nitrogens with two attached hydrogens (primary N) is 1. The summed E-state index contributed by atoms with van der Waals surface area (Å²) < 4.78 is 4.87. The lowest BCUT2D eigenvalue weighted by molar-refractivity contribution is -0.137. The third-order valence-corrected chi connectivity index (χ3v) is 1.99. The monoisotopic (exact) mass is 233 g/mol. The molecule has 0 amide bonds. The first-order valence-corrected chi connectivity index (χ1v) is 5.23. The SMILES string of the molecule is CCOC(=O)/C(=C/N)C(C)=Nc1cccnc1. The van der Waals surface area contributed by atoms with Crippen LogP contribution in [0, 0.1) is 0 Å². The summed E-state index contributed by atoms with van der Waals surface area (Å²) in [5.41, 5.74) is 6.82. The lowest BCUT2D eigenvalue weighted by Crippen LogP contribution is -2.15. The van der Waals surface area contributed by atoms with E-state index < -0.39 is 5.97 Å². The second-order valence-electron chi connectivity index (χ2n) is 3.21. The second kappa shape index (κ2) is 6.42. The van der Waals surface area contributed by atoms with Gasteiger partial charge < -0.3 is 10.5 Å². The first-order valence-electron chi connectivity index (χ1n) is 5.23. The summed E-state index contributed by atoms with van der Waals surface area (Å²) >= 11 is 0. The van der Waals surface area contributed by atoms with Gasteiger partial charge in [0.15, 0.2) is 0 Å². The third kappa shape index (κ3) is 3.71. The highest BCUT2D eigenvalue weighted by Crippen LogP contribution is 2.11. The van der Waals surface area contributed by atoms with E-state index in [4.69, 9.17) is 10.5 Å². The van der Waals surface area contributed by atoms with E-state index in [-0.39, 0.29) is 5.57 Å². The predicted molar refractivity (Wildman–Crippen MR) is 65.9 cm³/mol. The lowest BCUT2D eigenvalue weighted by atomic mass is 10.2. The molecule has 0 aliphatic carbocycles. The standard InChI is InChI=1S/C12H15N3O2/c1-3-17-12(16)11(7-13)9(2)15-10-5-4-6-14-8-10/h4-8H,3,13H2,1-2H3/b11-7+,15-9?. The van der Waals surface area contributed by atoms with E-state index in [1.54, 1.807) is 38.4 Å². The molecule has 90 valence electrons. The van der Waals surface area contributed by atoms with E-state index in [0.717, 1.165) is 0 Å². The maximum atomic E-state index is 11.5. The fraction of sp³-hybridized carbons (Fsp3) is 0.250. The fourth-order valence-corrected chi connectivity index (χ4v) is 1.22. The Bertz CT molecular complexity index is 438. The van der Waals surface area contributed by atoms with Gasteiger partial charge in [0.1, 0.15) is 0 Å². The highest BCUT2D eigenvalue weighted by atomic mass is 16.5. The minimum atomic E-state index is -0.472. The molecule has 0 saturated heterocycles. The van der Waals surface area contributed by atoms with Crippen LogP contribution in [0.4, 0.5) is 5.69 Å². The molecule has 2 N–H and O–H groups in total. The van der Waals surface area contributed by atoms with Crippen molar-refractivity contribution in [3.63, 3.8) is 0 Å². The average Bonchev–Trinajstić information content (AvgIpc) is 2.31. The number of ether oxygens (including phenoxy) is 1. The van der Waals surface area contributed by atoms with E-state index in [1.807, 2.05) is 0 Å². The number of aliphatic imine (C=N–C) groups is 1. The Morgan fingerprint density at radius 3 is 2.94 bits per heavy atom. The van der Waals surface area contributed by atoms with Gasteiger partial charge in [-0.15, -0.1) is 0 Å². The van der Waals surface area contributed by atoms with Crippen LogP contribution in [0.3, 0.4) is 0 Å². The quantitative estimate of drug-likeness (QED) is 0.486. The molecule has 5 heteroatoms. The van der Waals surface area contributed by atoms with Gasteiger partial charge in [-0.25, -0.2) is 4.79 Å². The van der Waals surface area contributed by atoms with Crippen molar-refractivity contribution in [3.8, 4) is 0 Å². The van der Waals surface area contributed by atoms with Gasteiger partial charge in [-0.1, -0.05) is 0 Å². The summed E-state index contributed by atoms with van der Waals surface area (Å²) in [6.45, 7) is 3.73. The molecule has 0 aromatic carbocycles. The van der Waals surface area contributed by atoms with Gasteiger partial charge in [0, 0.05) is 12.4 Å². The minimum absolute atomic E-state index is 0.260. The zero-order valence-corrected chi connectivity index (χ0v) is 9.88. The number of hydrogen-bond donors (Lipinski definition) is 1. The zero-order chi connectivity index (χ0) is 12.7. The molecule has 0 unspecified atom stereocenters. The van der Waals surface area contributed by atoms with Crippen LogP contribution in [0.2, 0.25) is 0 Å². The topological polar surface area (TPSA) is 77.6 Å². The lowest BCUT2D eigenvalue weighted by Gasteiger charge is -2.05. The van der Waals surface area contributed by atoms with Gasteiger partial charge in [-0.3, -0.25) is 9.98 Å². The molecule has 5 nitrogen and oxygen atoms in total.